The van der Waals surface area contributed by atoms with E-state index < -0.39 is 0 Å². The quantitative estimate of drug-likeness (QED) is 0.276. The molecule has 0 aliphatic heterocycles. The van der Waals surface area contributed by atoms with Crippen molar-refractivity contribution in [1.82, 2.24) is 0 Å². The molecule has 3 aliphatic carbocycles. The van der Waals surface area contributed by atoms with Gasteiger partial charge in [-0.3, -0.25) is 14.4 Å². The summed E-state index contributed by atoms with van der Waals surface area (Å²) in [4.78, 5) is 34.5. The van der Waals surface area contributed by atoms with Crippen LogP contribution >= 0.6 is 0 Å². The van der Waals surface area contributed by atoms with Gasteiger partial charge in [-0.2, -0.15) is 0 Å². The predicted molar refractivity (Wildman–Crippen MR) is 158 cm³/mol. The minimum Gasteiger partial charge on any atom is -0.426 e. The third-order valence-electron chi connectivity index (χ3n) is 8.36. The maximum atomic E-state index is 12.0. The Hall–Kier alpha value is -2.75. The first-order chi connectivity index (χ1) is 19.0. The highest BCUT2D eigenvalue weighted by Crippen LogP contribution is 2.26. The fraction of sp³-hybridized carbons (Fsp3) is 0.571. The van der Waals surface area contributed by atoms with Crippen molar-refractivity contribution in [3.05, 3.63) is 66.2 Å². The monoisotopic (exact) mass is 532 g/mol. The molecule has 4 heteroatoms. The molecule has 39 heavy (non-hydrogen) atoms. The molecule has 3 aliphatic rings. The molecule has 5 rings (SSSR count). The van der Waals surface area contributed by atoms with Crippen molar-refractivity contribution in [1.29, 1.82) is 0 Å². The fourth-order valence-corrected chi connectivity index (χ4v) is 5.90. The lowest BCUT2D eigenvalue weighted by Gasteiger charge is -2.20. The second kappa shape index (κ2) is 17.8. The van der Waals surface area contributed by atoms with Crippen LogP contribution in [0, 0.1) is 17.8 Å². The number of para-hydroxylation sites is 1. The fourth-order valence-electron chi connectivity index (χ4n) is 5.90. The summed E-state index contributed by atoms with van der Waals surface area (Å²) in [6, 6.07) is 19.4. The number of benzene rings is 2. The van der Waals surface area contributed by atoms with Crippen molar-refractivity contribution in [2.24, 2.45) is 17.8 Å². The minimum absolute atomic E-state index is 0.0547. The summed E-state index contributed by atoms with van der Waals surface area (Å²) in [6.45, 7) is 1.72. The van der Waals surface area contributed by atoms with Crippen molar-refractivity contribution < 1.29 is 19.1 Å². The molecule has 3 saturated carbocycles. The zero-order chi connectivity index (χ0) is 27.7. The van der Waals surface area contributed by atoms with Crippen molar-refractivity contribution in [2.45, 2.75) is 110 Å². The third-order valence-corrected chi connectivity index (χ3v) is 8.36. The highest BCUT2D eigenvalue weighted by atomic mass is 16.5. The van der Waals surface area contributed by atoms with Gasteiger partial charge in [0.25, 0.3) is 0 Å². The van der Waals surface area contributed by atoms with E-state index in [2.05, 4.69) is 0 Å². The van der Waals surface area contributed by atoms with Crippen LogP contribution < -0.4 is 4.74 Å². The Bertz CT molecular complexity index is 899. The molecule has 0 spiro atoms. The average molecular weight is 533 g/mol. The lowest BCUT2D eigenvalue weighted by atomic mass is 9.84. The molecule has 0 amide bonds. The molecule has 0 N–H and O–H groups in total. The molecular weight excluding hydrogens is 484 g/mol. The summed E-state index contributed by atoms with van der Waals surface area (Å²) >= 11 is 0. The van der Waals surface area contributed by atoms with Crippen LogP contribution in [0.4, 0.5) is 0 Å². The van der Waals surface area contributed by atoms with Crippen LogP contribution in [-0.4, -0.2) is 17.5 Å². The second-order valence-electron chi connectivity index (χ2n) is 11.5. The highest BCUT2D eigenvalue weighted by Gasteiger charge is 2.23. The van der Waals surface area contributed by atoms with Crippen molar-refractivity contribution in [3.63, 3.8) is 0 Å². The van der Waals surface area contributed by atoms with Gasteiger partial charge >= 0.3 is 5.97 Å². The zero-order valence-electron chi connectivity index (χ0n) is 24.0. The van der Waals surface area contributed by atoms with Gasteiger partial charge in [-0.15, -0.1) is 0 Å². The SMILES string of the molecule is CC(=O)C1CCCCC1.O=C(Cc1ccccc1)C1CCCCC1.O=C(Oc1ccccc1)C1CCCCC1. The number of hydrogen-bond donors (Lipinski definition) is 0. The molecule has 2 aromatic carbocycles. The van der Waals surface area contributed by atoms with Crippen molar-refractivity contribution in [2.75, 3.05) is 0 Å². The zero-order valence-corrected chi connectivity index (χ0v) is 24.0. The van der Waals surface area contributed by atoms with Crippen LogP contribution in [0.2, 0.25) is 0 Å². The normalized spacial score (nSPS) is 18.5. The van der Waals surface area contributed by atoms with Crippen LogP contribution in [0.3, 0.4) is 0 Å². The number of esters is 1. The van der Waals surface area contributed by atoms with E-state index in [1.54, 1.807) is 6.92 Å². The summed E-state index contributed by atoms with van der Waals surface area (Å²) < 4.78 is 5.31. The molecule has 0 unspecified atom stereocenters. The standard InChI is InChI=1S/C14H18O.C13H16O2.C8H14O/c15-14(13-9-5-2-6-10-13)11-12-7-3-1-4-8-12;14-13(11-7-3-1-4-8-11)15-12-9-5-2-6-10-12;1-7(9)8-5-3-2-4-6-8/h1,3-4,7-8,13H,2,5-6,9-11H2;2,5-6,9-11H,1,3-4,7-8H2;8H,2-6H2,1H3. The number of ketones is 2. The Balaban J connectivity index is 0.000000167. The van der Waals surface area contributed by atoms with Gasteiger partial charge in [0.1, 0.15) is 17.3 Å². The van der Waals surface area contributed by atoms with Crippen LogP contribution in [0.1, 0.15) is 109 Å². The lowest BCUT2D eigenvalue weighted by molar-refractivity contribution is -0.140. The predicted octanol–water partition coefficient (Wildman–Crippen LogP) is 8.71. The Labute approximate surface area is 235 Å². The second-order valence-corrected chi connectivity index (χ2v) is 11.5. The first-order valence-corrected chi connectivity index (χ1v) is 15.4. The van der Waals surface area contributed by atoms with E-state index in [9.17, 15) is 14.4 Å². The number of Topliss-reactive ketones (excluding diaryl/α,β-unsaturated/α-hetero) is 2. The Morgan fingerprint density at radius 2 is 1.03 bits per heavy atom. The topological polar surface area (TPSA) is 60.4 Å². The first kappa shape index (κ1) is 30.8. The maximum absolute atomic E-state index is 12.0. The first-order valence-electron chi connectivity index (χ1n) is 15.4. The number of ether oxygens (including phenoxy) is 1. The molecular formula is C35H48O4. The Kier molecular flexibility index (Phi) is 14.0. The van der Waals surface area contributed by atoms with E-state index in [1.165, 1.54) is 44.9 Å². The molecule has 4 nitrogen and oxygen atoms in total. The van der Waals surface area contributed by atoms with Gasteiger partial charge in [-0.05, 0) is 63.1 Å². The minimum atomic E-state index is -0.0547. The van der Waals surface area contributed by atoms with Crippen LogP contribution in [-0.2, 0) is 20.8 Å². The van der Waals surface area contributed by atoms with Crippen LogP contribution in [0.15, 0.2) is 60.7 Å². The van der Waals surface area contributed by atoms with Gasteiger partial charge in [-0.1, -0.05) is 106 Å². The molecule has 0 atom stereocenters. The molecule has 3 fully saturated rings. The summed E-state index contributed by atoms with van der Waals surface area (Å²) in [5.41, 5.74) is 1.16. The summed E-state index contributed by atoms with van der Waals surface area (Å²) in [6.07, 6.45) is 18.4. The van der Waals surface area contributed by atoms with Gasteiger partial charge in [0.2, 0.25) is 0 Å². The van der Waals surface area contributed by atoms with E-state index in [0.717, 1.165) is 56.9 Å². The summed E-state index contributed by atoms with van der Waals surface area (Å²) in [5, 5.41) is 0. The summed E-state index contributed by atoms with van der Waals surface area (Å²) in [5.74, 6) is 2.33. The van der Waals surface area contributed by atoms with E-state index >= 15 is 0 Å². The molecule has 0 aromatic heterocycles. The molecule has 0 saturated heterocycles. The highest BCUT2D eigenvalue weighted by molar-refractivity contribution is 5.83. The molecule has 0 heterocycles. The molecule has 0 bridgehead atoms. The average Bonchev–Trinajstić information content (AvgIpc) is 3.00. The largest absolute Gasteiger partial charge is 0.426 e. The van der Waals surface area contributed by atoms with E-state index in [0.29, 0.717) is 35.6 Å². The van der Waals surface area contributed by atoms with E-state index in [1.807, 2.05) is 60.7 Å². The number of rotatable bonds is 6. The molecule has 212 valence electrons. The van der Waals surface area contributed by atoms with Crippen molar-refractivity contribution in [3.8, 4) is 5.75 Å². The van der Waals surface area contributed by atoms with Gasteiger partial charge in [0.05, 0.1) is 5.92 Å². The van der Waals surface area contributed by atoms with Gasteiger partial charge in [0.15, 0.2) is 0 Å². The molecule has 2 aromatic rings. The lowest BCUT2D eigenvalue weighted by Crippen LogP contribution is -2.22. The van der Waals surface area contributed by atoms with Crippen molar-refractivity contribution >= 4 is 17.5 Å². The molecule has 0 radical (unpaired) electrons. The summed E-state index contributed by atoms with van der Waals surface area (Å²) in [7, 11) is 0. The number of carbonyl (C=O) groups excluding carboxylic acids is 3. The van der Waals surface area contributed by atoms with Gasteiger partial charge < -0.3 is 4.74 Å². The number of carbonyl (C=O) groups is 3. The van der Waals surface area contributed by atoms with E-state index in [4.69, 9.17) is 4.74 Å². The smallest absolute Gasteiger partial charge is 0.314 e. The Morgan fingerprint density at radius 1 is 0.590 bits per heavy atom. The number of hydrogen-bond acceptors (Lipinski definition) is 4. The van der Waals surface area contributed by atoms with Gasteiger partial charge in [0, 0.05) is 18.3 Å². The Morgan fingerprint density at radius 3 is 1.49 bits per heavy atom. The maximum Gasteiger partial charge on any atom is 0.314 e. The third kappa shape index (κ3) is 11.9. The van der Waals surface area contributed by atoms with Crippen LogP contribution in [0.5, 0.6) is 5.75 Å². The van der Waals surface area contributed by atoms with Gasteiger partial charge in [-0.25, -0.2) is 0 Å². The van der Waals surface area contributed by atoms with Crippen LogP contribution in [0.25, 0.3) is 0 Å². The van der Waals surface area contributed by atoms with E-state index in [-0.39, 0.29) is 11.9 Å².